The van der Waals surface area contributed by atoms with Gasteiger partial charge in [0.25, 0.3) is 5.78 Å². The van der Waals surface area contributed by atoms with E-state index < -0.39 is 30.3 Å². The minimum absolute atomic E-state index is 0.469. The van der Waals surface area contributed by atoms with Crippen LogP contribution in [0.1, 0.15) is 6.92 Å². The highest BCUT2D eigenvalue weighted by Crippen LogP contribution is 1.80. The van der Waals surface area contributed by atoms with Crippen molar-refractivity contribution < 1.29 is 24.6 Å². The average molecular weight is 175 g/mol. The lowest BCUT2D eigenvalue weighted by Gasteiger charge is -2.05. The normalized spacial score (nSPS) is 12.1. The second-order valence-corrected chi connectivity index (χ2v) is 2.17. The monoisotopic (exact) mass is 175 g/mol. The molecule has 0 amide bonds. The van der Waals surface area contributed by atoms with Gasteiger partial charge in [-0.1, -0.05) is 0 Å². The van der Waals surface area contributed by atoms with Crippen molar-refractivity contribution in [2.45, 2.75) is 13.0 Å². The van der Waals surface area contributed by atoms with Gasteiger partial charge >= 0.3 is 11.9 Å². The number of hydrogen-bond donors (Lipinski definition) is 3. The summed E-state index contributed by atoms with van der Waals surface area (Å²) in [6.07, 6.45) is 0. The van der Waals surface area contributed by atoms with Crippen molar-refractivity contribution in [1.29, 1.82) is 0 Å². The molecule has 0 rings (SSSR count). The summed E-state index contributed by atoms with van der Waals surface area (Å²) in [7, 11) is 0. The first-order valence-electron chi connectivity index (χ1n) is 3.17. The van der Waals surface area contributed by atoms with Crippen LogP contribution in [0.15, 0.2) is 0 Å². The maximum Gasteiger partial charge on any atom is 0.373 e. The number of rotatable bonds is 5. The molecule has 0 radical (unpaired) electrons. The van der Waals surface area contributed by atoms with Crippen LogP contribution in [0.4, 0.5) is 0 Å². The van der Waals surface area contributed by atoms with Gasteiger partial charge in [-0.2, -0.15) is 0 Å². The number of hydrogen-bond acceptors (Lipinski definition) is 4. The molecular formula is C6H9NO5. The van der Waals surface area contributed by atoms with E-state index in [-0.39, 0.29) is 0 Å². The molecule has 68 valence electrons. The third-order valence-corrected chi connectivity index (χ3v) is 1.18. The van der Waals surface area contributed by atoms with Gasteiger partial charge in [0, 0.05) is 0 Å². The van der Waals surface area contributed by atoms with Crippen LogP contribution >= 0.6 is 0 Å². The molecule has 0 unspecified atom stereocenters. The van der Waals surface area contributed by atoms with E-state index in [9.17, 15) is 14.4 Å². The largest absolute Gasteiger partial charge is 0.480 e. The lowest BCUT2D eigenvalue weighted by atomic mass is 10.3. The Hall–Kier alpha value is -1.43. The molecule has 0 aromatic heterocycles. The maximum absolute atomic E-state index is 10.4. The Kier molecular flexibility index (Phi) is 3.92. The van der Waals surface area contributed by atoms with Crippen LogP contribution in [-0.2, 0) is 14.4 Å². The zero-order valence-electron chi connectivity index (χ0n) is 6.40. The molecule has 0 bridgehead atoms. The van der Waals surface area contributed by atoms with E-state index in [1.54, 1.807) is 0 Å². The van der Waals surface area contributed by atoms with Crippen molar-refractivity contribution in [2.75, 3.05) is 6.54 Å². The predicted octanol–water partition coefficient (Wildman–Crippen LogP) is -1.30. The van der Waals surface area contributed by atoms with Gasteiger partial charge in [0.2, 0.25) is 0 Å². The van der Waals surface area contributed by atoms with Gasteiger partial charge in [-0.25, -0.2) is 4.79 Å². The summed E-state index contributed by atoms with van der Waals surface area (Å²) in [5.41, 5.74) is 0. The van der Waals surface area contributed by atoms with Crippen LogP contribution in [0, 0.1) is 0 Å². The van der Waals surface area contributed by atoms with Crippen molar-refractivity contribution >= 4 is 17.7 Å². The molecule has 6 nitrogen and oxygen atoms in total. The van der Waals surface area contributed by atoms with Gasteiger partial charge in [0.05, 0.1) is 6.54 Å². The van der Waals surface area contributed by atoms with E-state index in [1.807, 2.05) is 0 Å². The number of Topliss-reactive ketones (excluding diaryl/α,β-unsaturated/α-hetero) is 1. The molecule has 0 aliphatic rings. The number of aliphatic carboxylic acids is 2. The number of carboxylic acid groups (broad SMARTS) is 2. The Morgan fingerprint density at radius 3 is 2.17 bits per heavy atom. The van der Waals surface area contributed by atoms with E-state index in [4.69, 9.17) is 10.2 Å². The summed E-state index contributed by atoms with van der Waals surface area (Å²) in [4.78, 5) is 30.5. The summed E-state index contributed by atoms with van der Waals surface area (Å²) in [5, 5.41) is 18.6. The zero-order chi connectivity index (χ0) is 9.72. The first kappa shape index (κ1) is 10.6. The molecule has 0 heterocycles. The van der Waals surface area contributed by atoms with Crippen LogP contribution in [0.25, 0.3) is 0 Å². The van der Waals surface area contributed by atoms with Gasteiger partial charge < -0.3 is 10.2 Å². The minimum atomic E-state index is -1.57. The lowest BCUT2D eigenvalue weighted by molar-refractivity contribution is -0.149. The summed E-state index contributed by atoms with van der Waals surface area (Å²) in [6, 6.07) is -0.923. The Balaban J connectivity index is 3.76. The fourth-order valence-electron chi connectivity index (χ4n) is 0.409. The minimum Gasteiger partial charge on any atom is -0.480 e. The topological polar surface area (TPSA) is 104 Å². The highest BCUT2D eigenvalue weighted by atomic mass is 16.4. The quantitative estimate of drug-likeness (QED) is 0.449. The number of carboxylic acids is 2. The molecule has 0 saturated carbocycles. The van der Waals surface area contributed by atoms with Gasteiger partial charge in [-0.05, 0) is 6.92 Å². The average Bonchev–Trinajstić information content (AvgIpc) is 1.98. The fourth-order valence-corrected chi connectivity index (χ4v) is 0.409. The highest BCUT2D eigenvalue weighted by Gasteiger charge is 2.15. The molecule has 0 aliphatic carbocycles. The number of nitrogens with one attached hydrogen (secondary N) is 1. The van der Waals surface area contributed by atoms with E-state index in [0.29, 0.717) is 0 Å². The predicted molar refractivity (Wildman–Crippen MR) is 37.7 cm³/mol. The zero-order valence-corrected chi connectivity index (χ0v) is 6.40. The molecule has 0 spiro atoms. The van der Waals surface area contributed by atoms with E-state index in [1.165, 1.54) is 6.92 Å². The van der Waals surface area contributed by atoms with Crippen molar-refractivity contribution in [2.24, 2.45) is 0 Å². The molecule has 6 heteroatoms. The summed E-state index contributed by atoms with van der Waals surface area (Å²) < 4.78 is 0. The number of ketones is 1. The number of carbonyl (C=O) groups is 3. The Morgan fingerprint density at radius 1 is 1.33 bits per heavy atom. The first-order valence-corrected chi connectivity index (χ1v) is 3.17. The molecular weight excluding hydrogens is 166 g/mol. The Labute approximate surface area is 68.2 Å². The maximum atomic E-state index is 10.4. The van der Waals surface area contributed by atoms with Gasteiger partial charge in [0.1, 0.15) is 6.04 Å². The summed E-state index contributed by atoms with van der Waals surface area (Å²) >= 11 is 0. The van der Waals surface area contributed by atoms with Crippen LogP contribution in [0.5, 0.6) is 0 Å². The third kappa shape index (κ3) is 3.67. The summed E-state index contributed by atoms with van der Waals surface area (Å²) in [5.74, 6) is -3.75. The molecule has 1 atom stereocenters. The highest BCUT2D eigenvalue weighted by molar-refractivity contribution is 6.33. The molecule has 0 fully saturated rings. The van der Waals surface area contributed by atoms with Crippen LogP contribution in [0.3, 0.4) is 0 Å². The van der Waals surface area contributed by atoms with E-state index >= 15 is 0 Å². The van der Waals surface area contributed by atoms with E-state index in [2.05, 4.69) is 5.32 Å². The van der Waals surface area contributed by atoms with Crippen molar-refractivity contribution in [1.82, 2.24) is 5.32 Å². The SMILES string of the molecule is C[C@@H](NCC(=O)C(=O)O)C(=O)O. The second kappa shape index (κ2) is 4.45. The lowest BCUT2D eigenvalue weighted by Crippen LogP contribution is -2.39. The number of carbonyl (C=O) groups excluding carboxylic acids is 1. The van der Waals surface area contributed by atoms with Crippen LogP contribution in [0.2, 0.25) is 0 Å². The first-order chi connectivity index (χ1) is 5.45. The molecule has 0 saturated heterocycles. The van der Waals surface area contributed by atoms with Crippen molar-refractivity contribution in [3.63, 3.8) is 0 Å². The van der Waals surface area contributed by atoms with Crippen molar-refractivity contribution in [3.8, 4) is 0 Å². The van der Waals surface area contributed by atoms with Gasteiger partial charge in [0.15, 0.2) is 0 Å². The molecule has 0 aromatic carbocycles. The molecule has 12 heavy (non-hydrogen) atoms. The standard InChI is InChI=1S/C6H9NO5/c1-3(5(9)10)7-2-4(8)6(11)12/h3,7H,2H2,1H3,(H,9,10)(H,11,12)/t3-/m1/s1. The second-order valence-electron chi connectivity index (χ2n) is 2.17. The Bertz CT molecular complexity index is 212. The van der Waals surface area contributed by atoms with Crippen LogP contribution in [-0.4, -0.2) is 40.5 Å². The third-order valence-electron chi connectivity index (χ3n) is 1.18. The van der Waals surface area contributed by atoms with Gasteiger partial charge in [-0.15, -0.1) is 0 Å². The summed E-state index contributed by atoms with van der Waals surface area (Å²) in [6.45, 7) is 0.847. The molecule has 0 aromatic rings. The van der Waals surface area contributed by atoms with Crippen LogP contribution < -0.4 is 5.32 Å². The van der Waals surface area contributed by atoms with E-state index in [0.717, 1.165) is 0 Å². The fraction of sp³-hybridized carbons (Fsp3) is 0.500. The van der Waals surface area contributed by atoms with Gasteiger partial charge in [-0.3, -0.25) is 14.9 Å². The Morgan fingerprint density at radius 2 is 1.83 bits per heavy atom. The van der Waals surface area contributed by atoms with Crippen molar-refractivity contribution in [3.05, 3.63) is 0 Å². The molecule has 3 N–H and O–H groups in total. The smallest absolute Gasteiger partial charge is 0.373 e. The molecule has 0 aliphatic heterocycles.